The summed E-state index contributed by atoms with van der Waals surface area (Å²) in [7, 11) is 1.75. The molecule has 5 aromatic rings. The quantitative estimate of drug-likeness (QED) is 0.420. The number of hydrogen-bond acceptors (Lipinski definition) is 8. The summed E-state index contributed by atoms with van der Waals surface area (Å²) in [4.78, 5) is 27.4. The van der Waals surface area contributed by atoms with Crippen LogP contribution in [-0.4, -0.2) is 60.2 Å². The minimum absolute atomic E-state index is 0.0478. The van der Waals surface area contributed by atoms with E-state index in [1.54, 1.807) is 29.3 Å². The number of thiophene rings is 1. The summed E-state index contributed by atoms with van der Waals surface area (Å²) in [6.07, 6.45) is 1.65. The summed E-state index contributed by atoms with van der Waals surface area (Å²) >= 11 is 1.64. The van der Waals surface area contributed by atoms with Crippen molar-refractivity contribution in [3.63, 3.8) is 0 Å². The Morgan fingerprint density at radius 3 is 2.72 bits per heavy atom. The average Bonchev–Trinajstić information content (AvgIpc) is 3.45. The molecule has 1 fully saturated rings. The fraction of sp³-hybridized carbons (Fsp3) is 0.318. The van der Waals surface area contributed by atoms with Crippen LogP contribution in [0.1, 0.15) is 11.4 Å². The summed E-state index contributed by atoms with van der Waals surface area (Å²) in [6.45, 7) is 6.24. The lowest BCUT2D eigenvalue weighted by atomic mass is 10.1. The van der Waals surface area contributed by atoms with Crippen molar-refractivity contribution < 1.29 is 0 Å². The molecule has 1 aliphatic heterocycles. The van der Waals surface area contributed by atoms with Crippen molar-refractivity contribution in [3.8, 4) is 0 Å². The Bertz CT molecular complexity index is 1530. The number of nitrogens with zero attached hydrogens (tertiary/aromatic N) is 8. The van der Waals surface area contributed by atoms with Crippen molar-refractivity contribution >= 4 is 44.1 Å². The van der Waals surface area contributed by atoms with E-state index in [-0.39, 0.29) is 5.56 Å². The van der Waals surface area contributed by atoms with E-state index in [1.165, 1.54) is 0 Å². The summed E-state index contributed by atoms with van der Waals surface area (Å²) in [5.74, 6) is 2.43. The third kappa shape index (κ3) is 2.98. The minimum atomic E-state index is -0.0478. The van der Waals surface area contributed by atoms with Gasteiger partial charge in [-0.15, -0.1) is 21.5 Å². The molecule has 4 aromatic heterocycles. The number of aryl methyl sites for hydroxylation is 2. The van der Waals surface area contributed by atoms with E-state index < -0.39 is 0 Å². The van der Waals surface area contributed by atoms with E-state index >= 15 is 0 Å². The van der Waals surface area contributed by atoms with Gasteiger partial charge in [-0.3, -0.25) is 18.7 Å². The van der Waals surface area contributed by atoms with Gasteiger partial charge in [-0.25, -0.2) is 9.97 Å². The Morgan fingerprint density at radius 1 is 1.03 bits per heavy atom. The Labute approximate surface area is 187 Å². The highest BCUT2D eigenvalue weighted by Gasteiger charge is 2.23. The van der Waals surface area contributed by atoms with Gasteiger partial charge < -0.3 is 4.90 Å². The topological polar surface area (TPSA) is 84.5 Å². The van der Waals surface area contributed by atoms with Gasteiger partial charge in [0.2, 0.25) is 5.78 Å². The van der Waals surface area contributed by atoms with Crippen molar-refractivity contribution in [1.82, 2.24) is 34.0 Å². The maximum absolute atomic E-state index is 12.8. The first-order chi connectivity index (χ1) is 15.6. The van der Waals surface area contributed by atoms with Gasteiger partial charge in [-0.2, -0.15) is 0 Å². The summed E-state index contributed by atoms with van der Waals surface area (Å²) in [5, 5.41) is 12.7. The number of rotatable bonds is 3. The van der Waals surface area contributed by atoms with Gasteiger partial charge >= 0.3 is 0 Å². The molecule has 10 heteroatoms. The molecule has 0 atom stereocenters. The van der Waals surface area contributed by atoms with Crippen LogP contribution in [0.5, 0.6) is 0 Å². The van der Waals surface area contributed by atoms with Crippen LogP contribution < -0.4 is 10.5 Å². The maximum Gasteiger partial charge on any atom is 0.262 e. The standard InChI is InChI=1S/C22H22N8OS/c1-14-3-4-17-16(11-14)21(31)27(2)22-26-25-18(30(17)22)12-28-6-8-29(9-7-28)19-15-5-10-32-20(15)24-13-23-19/h3-5,10-11,13H,6-9,12H2,1-2H3. The molecule has 0 amide bonds. The highest BCUT2D eigenvalue weighted by Crippen LogP contribution is 2.27. The smallest absolute Gasteiger partial charge is 0.262 e. The second kappa shape index (κ2) is 7.35. The second-order valence-electron chi connectivity index (χ2n) is 8.24. The highest BCUT2D eigenvalue weighted by molar-refractivity contribution is 7.16. The third-order valence-corrected chi connectivity index (χ3v) is 7.04. The van der Waals surface area contributed by atoms with Crippen LogP contribution in [0.15, 0.2) is 40.8 Å². The molecule has 0 aliphatic carbocycles. The van der Waals surface area contributed by atoms with Crippen LogP contribution in [0.4, 0.5) is 5.82 Å². The molecule has 1 aromatic carbocycles. The Kier molecular flexibility index (Phi) is 4.44. The molecule has 6 rings (SSSR count). The minimum Gasteiger partial charge on any atom is -0.353 e. The van der Waals surface area contributed by atoms with Gasteiger partial charge in [-0.05, 0) is 30.5 Å². The summed E-state index contributed by atoms with van der Waals surface area (Å²) in [6, 6.07) is 8.05. The zero-order valence-electron chi connectivity index (χ0n) is 17.9. The van der Waals surface area contributed by atoms with Crippen LogP contribution >= 0.6 is 11.3 Å². The number of fused-ring (bicyclic) bond motifs is 4. The van der Waals surface area contributed by atoms with Gasteiger partial charge in [-0.1, -0.05) is 11.6 Å². The number of aromatic nitrogens is 6. The molecule has 0 unspecified atom stereocenters. The van der Waals surface area contributed by atoms with Crippen molar-refractivity contribution in [1.29, 1.82) is 0 Å². The van der Waals surface area contributed by atoms with Crippen LogP contribution in [0.2, 0.25) is 0 Å². The van der Waals surface area contributed by atoms with E-state index in [1.807, 2.05) is 29.5 Å². The summed E-state index contributed by atoms with van der Waals surface area (Å²) in [5.41, 5.74) is 1.87. The molecular formula is C22H22N8OS. The number of piperazine rings is 1. The Hall–Kier alpha value is -3.37. The normalized spacial score (nSPS) is 15.4. The predicted molar refractivity (Wildman–Crippen MR) is 125 cm³/mol. The largest absolute Gasteiger partial charge is 0.353 e. The van der Waals surface area contributed by atoms with Gasteiger partial charge in [0.15, 0.2) is 5.82 Å². The van der Waals surface area contributed by atoms with Crippen molar-refractivity contribution in [2.75, 3.05) is 31.1 Å². The molecule has 0 N–H and O–H groups in total. The van der Waals surface area contributed by atoms with Crippen molar-refractivity contribution in [3.05, 3.63) is 57.7 Å². The number of hydrogen-bond donors (Lipinski definition) is 0. The number of benzene rings is 1. The lowest BCUT2D eigenvalue weighted by molar-refractivity contribution is 0.243. The zero-order chi connectivity index (χ0) is 21.8. The lowest BCUT2D eigenvalue weighted by Crippen LogP contribution is -2.46. The van der Waals surface area contributed by atoms with E-state index in [2.05, 4.69) is 41.4 Å². The molecule has 5 heterocycles. The van der Waals surface area contributed by atoms with E-state index in [0.29, 0.717) is 17.7 Å². The number of anilines is 1. The van der Waals surface area contributed by atoms with E-state index in [4.69, 9.17) is 0 Å². The van der Waals surface area contributed by atoms with Gasteiger partial charge in [0.1, 0.15) is 17.0 Å². The first-order valence-corrected chi connectivity index (χ1v) is 11.5. The lowest BCUT2D eigenvalue weighted by Gasteiger charge is -2.35. The van der Waals surface area contributed by atoms with Crippen LogP contribution in [-0.2, 0) is 13.6 Å². The van der Waals surface area contributed by atoms with Gasteiger partial charge in [0.05, 0.1) is 22.8 Å². The molecule has 9 nitrogen and oxygen atoms in total. The summed E-state index contributed by atoms with van der Waals surface area (Å²) < 4.78 is 3.60. The molecule has 1 aliphatic rings. The predicted octanol–water partition coefficient (Wildman–Crippen LogP) is 2.22. The first-order valence-electron chi connectivity index (χ1n) is 10.6. The van der Waals surface area contributed by atoms with E-state index in [0.717, 1.165) is 59.1 Å². The van der Waals surface area contributed by atoms with Crippen molar-refractivity contribution in [2.24, 2.45) is 7.05 Å². The maximum atomic E-state index is 12.8. The Balaban J connectivity index is 1.29. The molecule has 0 spiro atoms. The van der Waals surface area contributed by atoms with Crippen LogP contribution in [0.3, 0.4) is 0 Å². The van der Waals surface area contributed by atoms with E-state index in [9.17, 15) is 4.79 Å². The highest BCUT2D eigenvalue weighted by atomic mass is 32.1. The zero-order valence-corrected chi connectivity index (χ0v) is 18.7. The van der Waals surface area contributed by atoms with Crippen molar-refractivity contribution in [2.45, 2.75) is 13.5 Å². The van der Waals surface area contributed by atoms with Crippen LogP contribution in [0.25, 0.3) is 26.9 Å². The molecule has 0 bridgehead atoms. The third-order valence-electron chi connectivity index (χ3n) is 6.22. The monoisotopic (exact) mass is 446 g/mol. The molecule has 0 saturated carbocycles. The molecule has 1 saturated heterocycles. The fourth-order valence-corrected chi connectivity index (χ4v) is 5.24. The molecule has 32 heavy (non-hydrogen) atoms. The molecule has 0 radical (unpaired) electrons. The first kappa shape index (κ1) is 19.3. The Morgan fingerprint density at radius 2 is 1.88 bits per heavy atom. The fourth-order valence-electron chi connectivity index (χ4n) is 4.51. The van der Waals surface area contributed by atoms with Gasteiger partial charge in [0, 0.05) is 33.2 Å². The van der Waals surface area contributed by atoms with Gasteiger partial charge in [0.25, 0.3) is 5.56 Å². The molecule has 162 valence electrons. The average molecular weight is 447 g/mol. The molecular weight excluding hydrogens is 424 g/mol. The second-order valence-corrected chi connectivity index (χ2v) is 9.13. The SMILES string of the molecule is Cc1ccc2c(c1)c(=O)n(C)c1nnc(CN3CCN(c4ncnc5sccc45)CC3)n21. The van der Waals surface area contributed by atoms with Crippen LogP contribution in [0, 0.1) is 6.92 Å².